The van der Waals surface area contributed by atoms with Gasteiger partial charge in [-0.05, 0) is 71.9 Å². The van der Waals surface area contributed by atoms with Crippen molar-refractivity contribution in [1.29, 1.82) is 0 Å². The Morgan fingerprint density at radius 3 is 2.58 bits per heavy atom. The van der Waals surface area contributed by atoms with Crippen molar-refractivity contribution in [2.45, 2.75) is 6.61 Å². The van der Waals surface area contributed by atoms with Crippen LogP contribution in [0, 0.1) is 0 Å². The van der Waals surface area contributed by atoms with Gasteiger partial charge in [-0.25, -0.2) is 4.99 Å². The van der Waals surface area contributed by atoms with Crippen LogP contribution in [0.1, 0.15) is 11.1 Å². The van der Waals surface area contributed by atoms with Crippen LogP contribution in [-0.4, -0.2) is 23.3 Å². The van der Waals surface area contributed by atoms with E-state index in [1.165, 1.54) is 23.9 Å². The molecule has 6 nitrogen and oxygen atoms in total. The number of hydrogen-bond donors (Lipinski definition) is 2. The van der Waals surface area contributed by atoms with Crippen LogP contribution in [0.5, 0.6) is 17.2 Å². The minimum atomic E-state index is -0.241. The number of thioether (sulfide) groups is 1. The number of ether oxygens (including phenoxy) is 2. The van der Waals surface area contributed by atoms with E-state index in [-0.39, 0.29) is 18.3 Å². The summed E-state index contributed by atoms with van der Waals surface area (Å²) in [6, 6.07) is 17.0. The first kappa shape index (κ1) is 23.0. The number of nitrogens with one attached hydrogen (secondary N) is 1. The van der Waals surface area contributed by atoms with E-state index in [0.29, 0.717) is 37.3 Å². The molecule has 1 fully saturated rings. The van der Waals surface area contributed by atoms with Crippen molar-refractivity contribution in [3.8, 4) is 17.2 Å². The molecule has 3 aromatic rings. The van der Waals surface area contributed by atoms with E-state index in [4.69, 9.17) is 32.7 Å². The number of hydrogen-bond acceptors (Lipinski definition) is 6. The number of amides is 1. The monoisotopic (exact) mass is 500 g/mol. The normalized spacial score (nSPS) is 15.7. The molecule has 1 aliphatic rings. The second-order valence-electron chi connectivity index (χ2n) is 6.93. The van der Waals surface area contributed by atoms with Crippen molar-refractivity contribution in [2.75, 3.05) is 7.11 Å². The number of rotatable bonds is 6. The Morgan fingerprint density at radius 1 is 1.06 bits per heavy atom. The SMILES string of the molecule is COc1cc(/C=C2/SC(=Nc3ccc(O)cc3)NC2=O)ccc1OCc1ccc(Cl)cc1Cl. The molecule has 1 amide bonds. The summed E-state index contributed by atoms with van der Waals surface area (Å²) in [6.07, 6.45) is 1.75. The van der Waals surface area contributed by atoms with Crippen LogP contribution >= 0.6 is 35.0 Å². The summed E-state index contributed by atoms with van der Waals surface area (Å²) < 4.78 is 11.3. The molecule has 0 radical (unpaired) electrons. The van der Waals surface area contributed by atoms with Crippen LogP contribution in [-0.2, 0) is 11.4 Å². The molecule has 0 aliphatic carbocycles. The number of methoxy groups -OCH3 is 1. The lowest BCUT2D eigenvalue weighted by atomic mass is 10.2. The molecule has 9 heteroatoms. The van der Waals surface area contributed by atoms with Crippen molar-refractivity contribution in [3.05, 3.63) is 86.7 Å². The molecule has 4 rings (SSSR count). The number of aromatic hydroxyl groups is 1. The van der Waals surface area contributed by atoms with Crippen molar-refractivity contribution < 1.29 is 19.4 Å². The first-order chi connectivity index (χ1) is 15.9. The first-order valence-electron chi connectivity index (χ1n) is 9.74. The maximum atomic E-state index is 12.4. The Morgan fingerprint density at radius 2 is 1.85 bits per heavy atom. The molecule has 0 spiro atoms. The van der Waals surface area contributed by atoms with Gasteiger partial charge < -0.3 is 19.9 Å². The highest BCUT2D eigenvalue weighted by molar-refractivity contribution is 8.18. The molecule has 0 aromatic heterocycles. The number of phenolic OH excluding ortho intramolecular Hbond substituents is 1. The number of benzene rings is 3. The molecule has 0 saturated carbocycles. The fourth-order valence-electron chi connectivity index (χ4n) is 2.96. The van der Waals surface area contributed by atoms with Crippen molar-refractivity contribution in [1.82, 2.24) is 5.32 Å². The Labute approximate surface area is 204 Å². The number of carbonyl (C=O) groups is 1. The number of aliphatic imine (C=N–C) groups is 1. The van der Waals surface area contributed by atoms with Crippen molar-refractivity contribution in [3.63, 3.8) is 0 Å². The maximum Gasteiger partial charge on any atom is 0.264 e. The number of amidine groups is 1. The highest BCUT2D eigenvalue weighted by atomic mass is 35.5. The van der Waals surface area contributed by atoms with Gasteiger partial charge in [0.2, 0.25) is 0 Å². The number of halogens is 2. The van der Waals surface area contributed by atoms with Gasteiger partial charge in [0, 0.05) is 15.6 Å². The van der Waals surface area contributed by atoms with Gasteiger partial charge in [0.1, 0.15) is 12.4 Å². The third-order valence-electron chi connectivity index (χ3n) is 4.61. The van der Waals surface area contributed by atoms with Gasteiger partial charge in [-0.15, -0.1) is 0 Å². The van der Waals surface area contributed by atoms with Gasteiger partial charge in [-0.1, -0.05) is 35.3 Å². The zero-order valence-corrected chi connectivity index (χ0v) is 19.7. The van der Waals surface area contributed by atoms with E-state index in [2.05, 4.69) is 10.3 Å². The zero-order valence-electron chi connectivity index (χ0n) is 17.3. The molecule has 0 atom stereocenters. The van der Waals surface area contributed by atoms with E-state index in [0.717, 1.165) is 11.1 Å². The number of carbonyl (C=O) groups excluding carboxylic acids is 1. The Kier molecular flexibility index (Phi) is 7.13. The molecular weight excluding hydrogens is 483 g/mol. The van der Waals surface area contributed by atoms with E-state index in [1.807, 2.05) is 12.1 Å². The quantitative estimate of drug-likeness (QED) is 0.395. The van der Waals surface area contributed by atoms with Crippen LogP contribution in [0.3, 0.4) is 0 Å². The smallest absolute Gasteiger partial charge is 0.264 e. The molecular formula is C24H18Cl2N2O4S. The average molecular weight is 501 g/mol. The van der Waals surface area contributed by atoms with Crippen molar-refractivity contribution >= 4 is 57.8 Å². The summed E-state index contributed by atoms with van der Waals surface area (Å²) in [7, 11) is 1.55. The van der Waals surface area contributed by atoms with Gasteiger partial charge in [0.25, 0.3) is 5.91 Å². The van der Waals surface area contributed by atoms with Crippen LogP contribution in [0.2, 0.25) is 10.0 Å². The topological polar surface area (TPSA) is 80.2 Å². The van der Waals surface area contributed by atoms with Gasteiger partial charge in [0.15, 0.2) is 16.7 Å². The lowest BCUT2D eigenvalue weighted by molar-refractivity contribution is -0.115. The third kappa shape index (κ3) is 5.82. The first-order valence-corrected chi connectivity index (χ1v) is 11.3. The van der Waals surface area contributed by atoms with Crippen LogP contribution in [0.15, 0.2) is 70.6 Å². The molecule has 33 heavy (non-hydrogen) atoms. The third-order valence-corrected chi connectivity index (χ3v) is 6.11. The summed E-state index contributed by atoms with van der Waals surface area (Å²) in [4.78, 5) is 17.3. The summed E-state index contributed by atoms with van der Waals surface area (Å²) in [6.45, 7) is 0.252. The van der Waals surface area contributed by atoms with Gasteiger partial charge in [-0.3, -0.25) is 4.79 Å². The highest BCUT2D eigenvalue weighted by Crippen LogP contribution is 2.33. The minimum Gasteiger partial charge on any atom is -0.508 e. The van der Waals surface area contributed by atoms with E-state index in [9.17, 15) is 9.90 Å². The maximum absolute atomic E-state index is 12.4. The molecule has 0 unspecified atom stereocenters. The fraction of sp³-hybridized carbons (Fsp3) is 0.0833. The zero-order chi connectivity index (χ0) is 23.4. The predicted octanol–water partition coefficient (Wildman–Crippen LogP) is 6.18. The van der Waals surface area contributed by atoms with Gasteiger partial charge in [0.05, 0.1) is 17.7 Å². The fourth-order valence-corrected chi connectivity index (χ4v) is 4.27. The lowest BCUT2D eigenvalue weighted by Gasteiger charge is -2.12. The van der Waals surface area contributed by atoms with E-state index >= 15 is 0 Å². The molecule has 168 valence electrons. The Bertz CT molecular complexity index is 1260. The second-order valence-corrected chi connectivity index (χ2v) is 8.81. The number of nitrogens with zero attached hydrogens (tertiary/aromatic N) is 1. The van der Waals surface area contributed by atoms with Crippen LogP contribution in [0.25, 0.3) is 6.08 Å². The average Bonchev–Trinajstić information content (AvgIpc) is 3.13. The van der Waals surface area contributed by atoms with Crippen LogP contribution in [0.4, 0.5) is 5.69 Å². The molecule has 0 bridgehead atoms. The molecule has 1 saturated heterocycles. The van der Waals surface area contributed by atoms with Gasteiger partial charge in [-0.2, -0.15) is 0 Å². The standard InChI is InChI=1S/C24H18Cl2N2O4S/c1-31-21-10-14(2-9-20(21)32-13-15-3-4-16(25)12-19(15)26)11-22-23(30)28-24(33-22)27-17-5-7-18(29)8-6-17/h2-12,29H,13H2,1H3,(H,27,28,30)/b22-11+. The lowest BCUT2D eigenvalue weighted by Crippen LogP contribution is -2.19. The summed E-state index contributed by atoms with van der Waals surface area (Å²) >= 11 is 13.4. The summed E-state index contributed by atoms with van der Waals surface area (Å²) in [5.41, 5.74) is 2.20. The predicted molar refractivity (Wildman–Crippen MR) is 133 cm³/mol. The highest BCUT2D eigenvalue weighted by Gasteiger charge is 2.24. The van der Waals surface area contributed by atoms with E-state index < -0.39 is 0 Å². The summed E-state index contributed by atoms with van der Waals surface area (Å²) in [5, 5.41) is 13.7. The molecule has 3 aromatic carbocycles. The Balaban J connectivity index is 1.48. The van der Waals surface area contributed by atoms with E-state index in [1.54, 1.807) is 49.6 Å². The molecule has 2 N–H and O–H groups in total. The summed E-state index contributed by atoms with van der Waals surface area (Å²) in [5.74, 6) is 0.981. The molecule has 1 aliphatic heterocycles. The Hall–Kier alpha value is -3.13. The minimum absolute atomic E-state index is 0.153. The number of phenols is 1. The second kappa shape index (κ2) is 10.2. The van der Waals surface area contributed by atoms with Gasteiger partial charge >= 0.3 is 0 Å². The van der Waals surface area contributed by atoms with Crippen molar-refractivity contribution in [2.24, 2.45) is 4.99 Å². The largest absolute Gasteiger partial charge is 0.508 e. The molecule has 1 heterocycles. The van der Waals surface area contributed by atoms with Crippen LogP contribution < -0.4 is 14.8 Å².